The van der Waals surface area contributed by atoms with E-state index in [1.54, 1.807) is 22.9 Å². The molecule has 2 rings (SSSR count). The van der Waals surface area contributed by atoms with E-state index in [9.17, 15) is 9.59 Å². The average molecular weight is 347 g/mol. The summed E-state index contributed by atoms with van der Waals surface area (Å²) in [6.07, 6.45) is 4.24. The maximum atomic E-state index is 12.1. The van der Waals surface area contributed by atoms with Gasteiger partial charge in [0.1, 0.15) is 0 Å². The van der Waals surface area contributed by atoms with Gasteiger partial charge >= 0.3 is 0 Å². The summed E-state index contributed by atoms with van der Waals surface area (Å²) in [6, 6.07) is 10.5. The van der Waals surface area contributed by atoms with Gasteiger partial charge in [-0.15, -0.1) is 0 Å². The first kappa shape index (κ1) is 18.3. The molecule has 5 heteroatoms. The van der Waals surface area contributed by atoms with E-state index in [1.807, 2.05) is 18.2 Å². The van der Waals surface area contributed by atoms with E-state index in [-0.39, 0.29) is 11.5 Å². The van der Waals surface area contributed by atoms with E-state index in [1.165, 1.54) is 6.07 Å². The predicted octanol–water partition coefficient (Wildman–Crippen LogP) is 4.31. The lowest BCUT2D eigenvalue weighted by Gasteiger charge is -2.12. The van der Waals surface area contributed by atoms with Crippen molar-refractivity contribution in [3.63, 3.8) is 0 Å². The van der Waals surface area contributed by atoms with Gasteiger partial charge in [-0.1, -0.05) is 56.5 Å². The van der Waals surface area contributed by atoms with Crippen LogP contribution in [0.4, 0.5) is 5.69 Å². The van der Waals surface area contributed by atoms with Crippen molar-refractivity contribution in [2.45, 2.75) is 39.7 Å². The minimum atomic E-state index is -0.132. The molecule has 1 N–H and O–H groups in total. The van der Waals surface area contributed by atoms with Crippen LogP contribution in [0.1, 0.15) is 38.7 Å². The molecular weight excluding hydrogens is 324 g/mol. The number of amides is 1. The second-order valence-electron chi connectivity index (χ2n) is 6.12. The van der Waals surface area contributed by atoms with Crippen LogP contribution < -0.4 is 10.9 Å². The first-order valence-corrected chi connectivity index (χ1v) is 8.61. The molecule has 4 nitrogen and oxygen atoms in total. The topological polar surface area (TPSA) is 51.1 Å². The van der Waals surface area contributed by atoms with Crippen LogP contribution in [-0.4, -0.2) is 10.5 Å². The van der Waals surface area contributed by atoms with Crippen molar-refractivity contribution in [1.29, 1.82) is 0 Å². The lowest BCUT2D eigenvalue weighted by atomic mass is 10.0. The molecule has 0 spiro atoms. The molecule has 0 bridgehead atoms. The van der Waals surface area contributed by atoms with Crippen LogP contribution in [-0.2, 0) is 11.3 Å². The summed E-state index contributed by atoms with van der Waals surface area (Å²) in [4.78, 5) is 24.1. The molecule has 2 aromatic rings. The molecule has 0 saturated heterocycles. The second-order valence-corrected chi connectivity index (χ2v) is 6.53. The molecule has 0 aliphatic carbocycles. The molecule has 1 aromatic heterocycles. The first-order valence-electron chi connectivity index (χ1n) is 8.23. The summed E-state index contributed by atoms with van der Waals surface area (Å²) >= 11 is 6.15. The highest BCUT2D eigenvalue weighted by Crippen LogP contribution is 2.16. The standard InChI is InChI=1S/C19H23ClN2O2/c1-3-6-14(2)11-18(23)21-16-9-10-19(24)22(13-16)12-15-7-4-5-8-17(15)20/h4-5,7-10,13-14H,3,6,11-12H2,1-2H3,(H,21,23). The van der Waals surface area contributed by atoms with Crippen LogP contribution in [0.25, 0.3) is 0 Å². The molecule has 0 saturated carbocycles. The fraction of sp³-hybridized carbons (Fsp3) is 0.368. The predicted molar refractivity (Wildman–Crippen MR) is 98.6 cm³/mol. The van der Waals surface area contributed by atoms with Crippen LogP contribution in [0, 0.1) is 5.92 Å². The van der Waals surface area contributed by atoms with Gasteiger partial charge in [0.05, 0.1) is 12.2 Å². The SMILES string of the molecule is CCCC(C)CC(=O)Nc1ccc(=O)n(Cc2ccccc2Cl)c1. The van der Waals surface area contributed by atoms with Gasteiger partial charge in [-0.2, -0.15) is 0 Å². The van der Waals surface area contributed by atoms with Gasteiger partial charge in [0.2, 0.25) is 5.91 Å². The van der Waals surface area contributed by atoms with E-state index in [0.29, 0.717) is 29.6 Å². The minimum absolute atomic E-state index is 0.0288. The van der Waals surface area contributed by atoms with Crippen molar-refractivity contribution in [2.75, 3.05) is 5.32 Å². The monoisotopic (exact) mass is 346 g/mol. The maximum Gasteiger partial charge on any atom is 0.250 e. The highest BCUT2D eigenvalue weighted by molar-refractivity contribution is 6.31. The summed E-state index contributed by atoms with van der Waals surface area (Å²) in [5.41, 5.74) is 1.35. The van der Waals surface area contributed by atoms with Gasteiger partial charge in [-0.3, -0.25) is 9.59 Å². The van der Waals surface area contributed by atoms with Crippen LogP contribution in [0.2, 0.25) is 5.02 Å². The number of halogens is 1. The molecule has 128 valence electrons. The van der Waals surface area contributed by atoms with E-state index in [4.69, 9.17) is 11.6 Å². The van der Waals surface area contributed by atoms with Crippen LogP contribution in [0.3, 0.4) is 0 Å². The molecule has 1 unspecified atom stereocenters. The summed E-state index contributed by atoms with van der Waals surface area (Å²) in [7, 11) is 0. The molecule has 0 fully saturated rings. The second kappa shape index (κ2) is 8.69. The third kappa shape index (κ3) is 5.24. The van der Waals surface area contributed by atoms with Crippen LogP contribution in [0.15, 0.2) is 47.4 Å². The van der Waals surface area contributed by atoms with Crippen molar-refractivity contribution in [2.24, 2.45) is 5.92 Å². The maximum absolute atomic E-state index is 12.1. The van der Waals surface area contributed by atoms with Crippen molar-refractivity contribution in [3.8, 4) is 0 Å². The van der Waals surface area contributed by atoms with Gasteiger partial charge in [0.15, 0.2) is 0 Å². The fourth-order valence-electron chi connectivity index (χ4n) is 2.66. The molecular formula is C19H23ClN2O2. The highest BCUT2D eigenvalue weighted by Gasteiger charge is 2.10. The molecule has 0 aliphatic rings. The molecule has 0 aliphatic heterocycles. The number of carbonyl (C=O) groups is 1. The largest absolute Gasteiger partial charge is 0.325 e. The number of rotatable bonds is 7. The number of pyridine rings is 1. The Morgan fingerprint density at radius 2 is 2.00 bits per heavy atom. The fourth-order valence-corrected chi connectivity index (χ4v) is 2.86. The van der Waals surface area contributed by atoms with Gasteiger partial charge in [0, 0.05) is 23.7 Å². The number of carbonyl (C=O) groups excluding carboxylic acids is 1. The number of benzene rings is 1. The van der Waals surface area contributed by atoms with Crippen LogP contribution >= 0.6 is 11.6 Å². The Balaban J connectivity index is 2.10. The van der Waals surface area contributed by atoms with Gasteiger partial charge in [0.25, 0.3) is 5.56 Å². The van der Waals surface area contributed by atoms with Crippen molar-refractivity contribution in [3.05, 3.63) is 63.5 Å². The Kier molecular flexibility index (Phi) is 6.62. The third-order valence-corrected chi connectivity index (χ3v) is 4.25. The number of nitrogens with one attached hydrogen (secondary N) is 1. The van der Waals surface area contributed by atoms with E-state index in [0.717, 1.165) is 18.4 Å². The summed E-state index contributed by atoms with van der Waals surface area (Å²) in [5, 5.41) is 3.49. The number of anilines is 1. The Bertz CT molecular complexity index is 755. The van der Waals surface area contributed by atoms with E-state index >= 15 is 0 Å². The summed E-state index contributed by atoms with van der Waals surface area (Å²) in [6.45, 7) is 4.55. The van der Waals surface area contributed by atoms with Crippen molar-refractivity contribution < 1.29 is 4.79 Å². The smallest absolute Gasteiger partial charge is 0.250 e. The van der Waals surface area contributed by atoms with Gasteiger partial charge in [-0.05, 0) is 23.6 Å². The third-order valence-electron chi connectivity index (χ3n) is 3.88. The zero-order valence-corrected chi connectivity index (χ0v) is 14.8. The summed E-state index contributed by atoms with van der Waals surface area (Å²) < 4.78 is 1.55. The zero-order chi connectivity index (χ0) is 17.5. The van der Waals surface area contributed by atoms with E-state index in [2.05, 4.69) is 19.2 Å². The number of hydrogen-bond donors (Lipinski definition) is 1. The lowest BCUT2D eigenvalue weighted by molar-refractivity contribution is -0.117. The highest BCUT2D eigenvalue weighted by atomic mass is 35.5. The Morgan fingerprint density at radius 1 is 1.25 bits per heavy atom. The number of aromatic nitrogens is 1. The molecule has 1 aromatic carbocycles. The van der Waals surface area contributed by atoms with Gasteiger partial charge < -0.3 is 9.88 Å². The number of nitrogens with zero attached hydrogens (tertiary/aromatic N) is 1. The van der Waals surface area contributed by atoms with Crippen molar-refractivity contribution >= 4 is 23.2 Å². The minimum Gasteiger partial charge on any atom is -0.325 e. The zero-order valence-electron chi connectivity index (χ0n) is 14.1. The molecule has 1 atom stereocenters. The molecule has 1 amide bonds. The molecule has 24 heavy (non-hydrogen) atoms. The summed E-state index contributed by atoms with van der Waals surface area (Å²) in [5.74, 6) is 0.322. The van der Waals surface area contributed by atoms with Gasteiger partial charge in [-0.25, -0.2) is 0 Å². The molecule has 1 heterocycles. The first-order chi connectivity index (χ1) is 11.5. The Hall–Kier alpha value is -2.07. The molecule has 0 radical (unpaired) electrons. The van der Waals surface area contributed by atoms with Crippen LogP contribution in [0.5, 0.6) is 0 Å². The normalized spacial score (nSPS) is 12.0. The Morgan fingerprint density at radius 3 is 2.71 bits per heavy atom. The number of hydrogen-bond acceptors (Lipinski definition) is 2. The van der Waals surface area contributed by atoms with E-state index < -0.39 is 0 Å². The van der Waals surface area contributed by atoms with Crippen molar-refractivity contribution in [1.82, 2.24) is 4.57 Å². The Labute approximate surface area is 147 Å². The lowest BCUT2D eigenvalue weighted by Crippen LogP contribution is -2.21. The average Bonchev–Trinajstić information content (AvgIpc) is 2.52. The quantitative estimate of drug-likeness (QED) is 0.811.